The minimum Gasteiger partial charge on any atom is -0.389 e. The molecule has 5 nitrogen and oxygen atoms in total. The molecule has 2 atom stereocenters. The smallest absolute Gasteiger partial charge is 0.217 e. The summed E-state index contributed by atoms with van der Waals surface area (Å²) in [7, 11) is 0. The summed E-state index contributed by atoms with van der Waals surface area (Å²) in [6, 6.07) is 8.06. The molecular weight excluding hydrogens is 328 g/mol. The molecule has 1 aromatic rings. The second-order valence-electron chi connectivity index (χ2n) is 8.82. The number of rotatable bonds is 5. The van der Waals surface area contributed by atoms with Gasteiger partial charge in [0.25, 0.3) is 0 Å². The van der Waals surface area contributed by atoms with Gasteiger partial charge in [-0.25, -0.2) is 0 Å². The van der Waals surface area contributed by atoms with Gasteiger partial charge in [-0.15, -0.1) is 0 Å². The summed E-state index contributed by atoms with van der Waals surface area (Å²) in [4.78, 5) is 17.9. The van der Waals surface area contributed by atoms with Crippen LogP contribution < -0.4 is 5.32 Å². The maximum Gasteiger partial charge on any atom is 0.217 e. The fraction of sp³-hybridized carbons (Fsp3) is 0.667. The summed E-state index contributed by atoms with van der Waals surface area (Å²) >= 11 is 0. The van der Waals surface area contributed by atoms with E-state index in [4.69, 9.17) is 4.84 Å². The molecule has 1 amide bonds. The number of carbonyl (C=O) groups excluding carboxylic acids is 1. The predicted octanol–water partition coefficient (Wildman–Crippen LogP) is 3.89. The Morgan fingerprint density at radius 3 is 2.00 bits per heavy atom. The van der Waals surface area contributed by atoms with Crippen LogP contribution in [-0.4, -0.2) is 33.2 Å². The van der Waals surface area contributed by atoms with Crippen molar-refractivity contribution in [2.75, 3.05) is 0 Å². The van der Waals surface area contributed by atoms with Crippen LogP contribution in [0.5, 0.6) is 0 Å². The average Bonchev–Trinajstić information content (AvgIpc) is 2.49. The number of carbonyl (C=O) groups is 1. The number of aliphatic hydroxyl groups is 1. The molecule has 26 heavy (non-hydrogen) atoms. The lowest BCUT2D eigenvalue weighted by atomic mass is 9.79. The molecule has 0 spiro atoms. The molecule has 2 N–H and O–H groups in total. The number of hydroxylamine groups is 2. The van der Waals surface area contributed by atoms with E-state index in [1.165, 1.54) is 0 Å². The van der Waals surface area contributed by atoms with Gasteiger partial charge in [0.1, 0.15) is 6.10 Å². The first-order valence-electron chi connectivity index (χ1n) is 9.44. The third-order valence-electron chi connectivity index (χ3n) is 5.15. The van der Waals surface area contributed by atoms with Gasteiger partial charge in [-0.3, -0.25) is 9.63 Å². The summed E-state index contributed by atoms with van der Waals surface area (Å²) in [6.45, 7) is 14.0. The normalized spacial score (nSPS) is 22.6. The lowest BCUT2D eigenvalue weighted by Gasteiger charge is -2.54. The van der Waals surface area contributed by atoms with Gasteiger partial charge in [-0.1, -0.05) is 24.3 Å². The lowest BCUT2D eigenvalue weighted by molar-refractivity contribution is -0.306. The van der Waals surface area contributed by atoms with Gasteiger partial charge in [-0.2, -0.15) is 5.06 Å². The van der Waals surface area contributed by atoms with E-state index in [2.05, 4.69) is 38.1 Å². The third kappa shape index (κ3) is 4.84. The molecule has 0 bridgehead atoms. The molecule has 1 aromatic carbocycles. The molecule has 5 heteroatoms. The van der Waals surface area contributed by atoms with Crippen LogP contribution in [0.3, 0.4) is 0 Å². The fourth-order valence-corrected chi connectivity index (χ4v) is 4.20. The van der Waals surface area contributed by atoms with Gasteiger partial charge in [0, 0.05) is 24.0 Å². The van der Waals surface area contributed by atoms with Crippen molar-refractivity contribution in [3.8, 4) is 0 Å². The maximum absolute atomic E-state index is 11.5. The van der Waals surface area contributed by atoms with Crippen LogP contribution in [0.1, 0.15) is 84.6 Å². The topological polar surface area (TPSA) is 61.8 Å². The Bertz CT molecular complexity index is 605. The summed E-state index contributed by atoms with van der Waals surface area (Å²) in [6.07, 6.45) is 1.10. The second kappa shape index (κ2) is 7.67. The first-order valence-corrected chi connectivity index (χ1v) is 9.44. The molecular formula is C21H34N2O3. The Labute approximate surface area is 157 Å². The van der Waals surface area contributed by atoms with E-state index in [-0.39, 0.29) is 29.1 Å². The molecule has 1 aliphatic heterocycles. The monoisotopic (exact) mass is 362 g/mol. The summed E-state index contributed by atoms with van der Waals surface area (Å²) in [5, 5.41) is 14.8. The van der Waals surface area contributed by atoms with Crippen LogP contribution in [0.15, 0.2) is 24.3 Å². The number of amides is 1. The second-order valence-corrected chi connectivity index (χ2v) is 8.82. The molecule has 0 radical (unpaired) electrons. The first kappa shape index (κ1) is 20.9. The van der Waals surface area contributed by atoms with E-state index < -0.39 is 6.10 Å². The van der Waals surface area contributed by atoms with Crippen molar-refractivity contribution in [2.24, 2.45) is 0 Å². The summed E-state index contributed by atoms with van der Waals surface area (Å²) < 4.78 is 0. The SMILES string of the molecule is CC(=O)NC1CC(C)(C)N(OC(C)c2ccc(C(C)O)cc2)C(C)(C)C1. The molecule has 1 saturated heterocycles. The molecule has 0 aromatic heterocycles. The Hall–Kier alpha value is -1.43. The van der Waals surface area contributed by atoms with Gasteiger partial charge in [0.05, 0.1) is 6.10 Å². The highest BCUT2D eigenvalue weighted by Gasteiger charge is 2.47. The Morgan fingerprint density at radius 1 is 1.12 bits per heavy atom. The molecule has 2 rings (SSSR count). The van der Waals surface area contributed by atoms with Crippen LogP contribution >= 0.6 is 0 Å². The lowest BCUT2D eigenvalue weighted by Crippen LogP contribution is -2.64. The van der Waals surface area contributed by atoms with Crippen molar-refractivity contribution < 1.29 is 14.7 Å². The number of nitrogens with one attached hydrogen (secondary N) is 1. The van der Waals surface area contributed by atoms with E-state index in [1.54, 1.807) is 13.8 Å². The first-order chi connectivity index (χ1) is 11.9. The van der Waals surface area contributed by atoms with Crippen molar-refractivity contribution in [3.63, 3.8) is 0 Å². The van der Waals surface area contributed by atoms with Crippen LogP contribution in [0, 0.1) is 0 Å². The standard InChI is InChI=1S/C21H34N2O3/c1-14(24)17-8-10-18(11-9-17)15(2)26-23-20(4,5)12-19(22-16(3)25)13-21(23,6)7/h8-11,14-15,19,24H,12-13H2,1-7H3,(H,22,25). The van der Waals surface area contributed by atoms with Crippen molar-refractivity contribution in [1.82, 2.24) is 10.4 Å². The van der Waals surface area contributed by atoms with Gasteiger partial charge in [-0.05, 0) is 65.5 Å². The summed E-state index contributed by atoms with van der Waals surface area (Å²) in [5.74, 6) is 0.0162. The van der Waals surface area contributed by atoms with Gasteiger partial charge < -0.3 is 10.4 Å². The Balaban J connectivity index is 2.14. The van der Waals surface area contributed by atoms with Crippen molar-refractivity contribution in [1.29, 1.82) is 0 Å². The highest BCUT2D eigenvalue weighted by molar-refractivity contribution is 5.73. The molecule has 1 heterocycles. The van der Waals surface area contributed by atoms with E-state index in [0.29, 0.717) is 0 Å². The molecule has 2 unspecified atom stereocenters. The molecule has 146 valence electrons. The van der Waals surface area contributed by atoms with Crippen molar-refractivity contribution in [3.05, 3.63) is 35.4 Å². The third-order valence-corrected chi connectivity index (χ3v) is 5.15. The van der Waals surface area contributed by atoms with Crippen molar-refractivity contribution in [2.45, 2.75) is 90.6 Å². The van der Waals surface area contributed by atoms with E-state index in [0.717, 1.165) is 24.0 Å². The summed E-state index contributed by atoms with van der Waals surface area (Å²) in [5.41, 5.74) is 1.56. The minimum absolute atomic E-state index is 0.0162. The molecule has 0 aliphatic carbocycles. The van der Waals surface area contributed by atoms with E-state index in [1.807, 2.05) is 31.2 Å². The fourth-order valence-electron chi connectivity index (χ4n) is 4.20. The van der Waals surface area contributed by atoms with Gasteiger partial charge in [0.2, 0.25) is 5.91 Å². The molecule has 1 aliphatic rings. The van der Waals surface area contributed by atoms with E-state index >= 15 is 0 Å². The van der Waals surface area contributed by atoms with Crippen LogP contribution in [0.4, 0.5) is 0 Å². The van der Waals surface area contributed by atoms with Gasteiger partial charge in [0.15, 0.2) is 0 Å². The highest BCUT2D eigenvalue weighted by Crippen LogP contribution is 2.40. The number of hydrogen-bond donors (Lipinski definition) is 2. The number of aliphatic hydroxyl groups excluding tert-OH is 1. The molecule has 1 fully saturated rings. The van der Waals surface area contributed by atoms with E-state index in [9.17, 15) is 9.90 Å². The largest absolute Gasteiger partial charge is 0.389 e. The highest BCUT2D eigenvalue weighted by atomic mass is 16.7. The predicted molar refractivity (Wildman–Crippen MR) is 103 cm³/mol. The van der Waals surface area contributed by atoms with Crippen LogP contribution in [-0.2, 0) is 9.63 Å². The number of hydrogen-bond acceptors (Lipinski definition) is 4. The Morgan fingerprint density at radius 2 is 1.58 bits per heavy atom. The zero-order valence-electron chi connectivity index (χ0n) is 17.2. The average molecular weight is 363 g/mol. The quantitative estimate of drug-likeness (QED) is 0.834. The minimum atomic E-state index is -0.467. The number of benzene rings is 1. The number of nitrogens with zero attached hydrogens (tertiary/aromatic N) is 1. The van der Waals surface area contributed by atoms with Crippen LogP contribution in [0.25, 0.3) is 0 Å². The zero-order chi connectivity index (χ0) is 19.7. The Kier molecular flexibility index (Phi) is 6.16. The number of piperidine rings is 1. The zero-order valence-corrected chi connectivity index (χ0v) is 17.2. The van der Waals surface area contributed by atoms with Crippen LogP contribution in [0.2, 0.25) is 0 Å². The van der Waals surface area contributed by atoms with Crippen molar-refractivity contribution >= 4 is 5.91 Å². The van der Waals surface area contributed by atoms with Gasteiger partial charge >= 0.3 is 0 Å². The maximum atomic E-state index is 11.5. The molecule has 0 saturated carbocycles.